The second-order valence-electron chi connectivity index (χ2n) is 9.49. The number of aryl methyl sites for hydroxylation is 2. The number of aliphatic hydroxyl groups is 1. The molecule has 0 aliphatic carbocycles. The molecule has 0 atom stereocenters. The molecule has 1 saturated heterocycles. The van der Waals surface area contributed by atoms with Crippen LogP contribution in [0.3, 0.4) is 0 Å². The van der Waals surface area contributed by atoms with Crippen LogP contribution in [-0.4, -0.2) is 50.0 Å². The third-order valence-corrected chi connectivity index (χ3v) is 6.73. The molecule has 10 nitrogen and oxygen atoms in total. The largest absolute Gasteiger partial charge is 0.417 e. The molecule has 0 spiro atoms. The van der Waals surface area contributed by atoms with Gasteiger partial charge in [-0.05, 0) is 55.7 Å². The first kappa shape index (κ1) is 26.2. The molecule has 0 unspecified atom stereocenters. The third kappa shape index (κ3) is 5.43. The van der Waals surface area contributed by atoms with Crippen molar-refractivity contribution in [3.05, 3.63) is 59.3 Å². The Morgan fingerprint density at radius 3 is 2.62 bits per heavy atom. The van der Waals surface area contributed by atoms with Crippen LogP contribution >= 0.6 is 0 Å². The van der Waals surface area contributed by atoms with Crippen LogP contribution in [0.5, 0.6) is 0 Å². The van der Waals surface area contributed by atoms with Crippen molar-refractivity contribution in [2.75, 3.05) is 34.4 Å². The minimum Gasteiger partial charge on any atom is -0.393 e. The van der Waals surface area contributed by atoms with Crippen molar-refractivity contribution < 1.29 is 23.1 Å². The van der Waals surface area contributed by atoms with Gasteiger partial charge in [0.05, 0.1) is 22.6 Å². The quantitative estimate of drug-likeness (QED) is 0.296. The summed E-state index contributed by atoms with van der Waals surface area (Å²) in [6.45, 7) is 2.72. The average Bonchev–Trinajstić information content (AvgIpc) is 3.19. The van der Waals surface area contributed by atoms with Crippen LogP contribution in [0.25, 0.3) is 11.0 Å². The minimum absolute atomic E-state index is 0.110. The number of carbonyl (C=O) groups excluding carboxylic acids is 1. The fraction of sp³-hybridized carbons (Fsp3) is 0.308. The van der Waals surface area contributed by atoms with Crippen molar-refractivity contribution in [2.24, 2.45) is 7.05 Å². The first-order chi connectivity index (χ1) is 18.5. The van der Waals surface area contributed by atoms with Crippen molar-refractivity contribution in [1.82, 2.24) is 19.7 Å². The number of piperidine rings is 1. The highest BCUT2D eigenvalue weighted by Crippen LogP contribution is 2.36. The zero-order chi connectivity index (χ0) is 27.9. The van der Waals surface area contributed by atoms with Gasteiger partial charge in [0, 0.05) is 43.4 Å². The first-order valence-electron chi connectivity index (χ1n) is 12.3. The van der Waals surface area contributed by atoms with Gasteiger partial charge in [-0.3, -0.25) is 4.79 Å². The van der Waals surface area contributed by atoms with E-state index in [0.29, 0.717) is 59.8 Å². The van der Waals surface area contributed by atoms with Crippen molar-refractivity contribution >= 4 is 45.8 Å². The van der Waals surface area contributed by atoms with Crippen LogP contribution in [0, 0.1) is 6.92 Å². The first-order valence-corrected chi connectivity index (χ1v) is 12.3. The van der Waals surface area contributed by atoms with Crippen molar-refractivity contribution in [1.29, 1.82) is 0 Å². The van der Waals surface area contributed by atoms with Crippen molar-refractivity contribution in [3.63, 3.8) is 0 Å². The van der Waals surface area contributed by atoms with E-state index in [2.05, 4.69) is 25.7 Å². The number of nitrogens with two attached hydrogens (primary N) is 1. The molecule has 0 saturated carbocycles. The average molecular weight is 541 g/mol. The van der Waals surface area contributed by atoms with Crippen LogP contribution in [0.2, 0.25) is 0 Å². The second kappa shape index (κ2) is 10.1. The predicted molar refractivity (Wildman–Crippen MR) is 142 cm³/mol. The number of alkyl halides is 3. The molecule has 1 fully saturated rings. The van der Waals surface area contributed by atoms with Gasteiger partial charge in [-0.2, -0.15) is 23.3 Å². The maximum Gasteiger partial charge on any atom is 0.417 e. The third-order valence-electron chi connectivity index (χ3n) is 6.73. The number of benzene rings is 2. The molecule has 2 aromatic carbocycles. The van der Waals surface area contributed by atoms with Gasteiger partial charge < -0.3 is 26.4 Å². The Labute approximate surface area is 221 Å². The van der Waals surface area contributed by atoms with Gasteiger partial charge in [0.2, 0.25) is 5.95 Å². The number of halogens is 3. The number of rotatable bonds is 5. The lowest BCUT2D eigenvalue weighted by atomic mass is 10.0. The van der Waals surface area contributed by atoms with E-state index in [1.165, 1.54) is 12.1 Å². The molecule has 2 aromatic heterocycles. The summed E-state index contributed by atoms with van der Waals surface area (Å²) in [4.78, 5) is 23.0. The van der Waals surface area contributed by atoms with E-state index in [-0.39, 0.29) is 5.95 Å². The van der Waals surface area contributed by atoms with Gasteiger partial charge in [0.25, 0.3) is 5.91 Å². The fourth-order valence-electron chi connectivity index (χ4n) is 4.59. The number of carbonyl (C=O) groups is 1. The lowest BCUT2D eigenvalue weighted by Crippen LogP contribution is -2.36. The monoisotopic (exact) mass is 540 g/mol. The van der Waals surface area contributed by atoms with Crippen LogP contribution in [0.1, 0.15) is 34.3 Å². The molecule has 1 aliphatic heterocycles. The van der Waals surface area contributed by atoms with E-state index in [0.717, 1.165) is 11.6 Å². The maximum atomic E-state index is 14.0. The Morgan fingerprint density at radius 1 is 1.15 bits per heavy atom. The number of anilines is 5. The number of nitrogen functional groups attached to an aromatic ring is 1. The summed E-state index contributed by atoms with van der Waals surface area (Å²) in [7, 11) is 1.71. The molecule has 13 heteroatoms. The van der Waals surface area contributed by atoms with Gasteiger partial charge in [-0.1, -0.05) is 6.07 Å². The lowest BCUT2D eigenvalue weighted by molar-refractivity contribution is -0.137. The number of nitrogens with zero attached hydrogens (tertiary/aromatic N) is 5. The molecular weight excluding hydrogens is 513 g/mol. The van der Waals surface area contributed by atoms with Gasteiger partial charge in [0.1, 0.15) is 0 Å². The van der Waals surface area contributed by atoms with E-state index >= 15 is 0 Å². The number of hydrogen-bond acceptors (Lipinski definition) is 8. The minimum atomic E-state index is -4.73. The normalized spacial score (nSPS) is 14.6. The molecule has 4 aromatic rings. The molecule has 0 radical (unpaired) electrons. The van der Waals surface area contributed by atoms with E-state index in [1.807, 2.05) is 6.92 Å². The zero-order valence-corrected chi connectivity index (χ0v) is 21.3. The van der Waals surface area contributed by atoms with Crippen LogP contribution < -0.4 is 21.3 Å². The number of hydrogen-bond donors (Lipinski definition) is 4. The Kier molecular flexibility index (Phi) is 6.76. The van der Waals surface area contributed by atoms with Gasteiger partial charge in [-0.25, -0.2) is 9.67 Å². The summed E-state index contributed by atoms with van der Waals surface area (Å²) in [6, 6.07) is 8.65. The van der Waals surface area contributed by atoms with Crippen LogP contribution in [-0.2, 0) is 13.2 Å². The molecule has 1 amide bonds. The summed E-state index contributed by atoms with van der Waals surface area (Å²) in [6.07, 6.45) is -2.69. The van der Waals surface area contributed by atoms with E-state index in [4.69, 9.17) is 5.73 Å². The number of amides is 1. The Morgan fingerprint density at radius 2 is 1.90 bits per heavy atom. The molecule has 204 valence electrons. The second-order valence-corrected chi connectivity index (χ2v) is 9.49. The highest BCUT2D eigenvalue weighted by molar-refractivity contribution is 6.06. The number of aliphatic hydroxyl groups excluding tert-OH is 1. The molecule has 5 rings (SSSR count). The lowest BCUT2D eigenvalue weighted by Gasteiger charge is -2.32. The van der Waals surface area contributed by atoms with E-state index in [1.54, 1.807) is 41.0 Å². The molecule has 39 heavy (non-hydrogen) atoms. The van der Waals surface area contributed by atoms with Gasteiger partial charge in [0.15, 0.2) is 11.5 Å². The molecular formula is C26H27F3N8O2. The smallest absolute Gasteiger partial charge is 0.393 e. The Bertz CT molecular complexity index is 1540. The molecule has 0 bridgehead atoms. The molecule has 1 aliphatic rings. The Balaban J connectivity index is 1.40. The highest BCUT2D eigenvalue weighted by atomic mass is 19.4. The van der Waals surface area contributed by atoms with E-state index in [9.17, 15) is 23.1 Å². The molecule has 3 heterocycles. The summed E-state index contributed by atoms with van der Waals surface area (Å²) in [5, 5.41) is 20.5. The van der Waals surface area contributed by atoms with E-state index < -0.39 is 29.3 Å². The van der Waals surface area contributed by atoms with Crippen molar-refractivity contribution in [2.45, 2.75) is 32.0 Å². The highest BCUT2D eigenvalue weighted by Gasteiger charge is 2.36. The van der Waals surface area contributed by atoms with Crippen molar-refractivity contribution in [3.8, 4) is 0 Å². The van der Waals surface area contributed by atoms with Gasteiger partial charge in [-0.15, -0.1) is 0 Å². The SMILES string of the molecule is Cc1ccc(NC(=O)c2ccc(N3CCC(O)CC3)cc2C(F)(F)F)cc1Nc1nn(C)c2nc(N)ncc12. The summed E-state index contributed by atoms with van der Waals surface area (Å²) < 4.78 is 43.5. The summed E-state index contributed by atoms with van der Waals surface area (Å²) in [5.74, 6) is -0.317. The standard InChI is InChI=1S/C26H27F3N8O2/c1-14-3-4-15(11-21(14)33-22-19-13-31-25(30)34-23(19)36(2)35-22)32-24(39)18-6-5-16(12-20(18)26(27,28)29)37-9-7-17(38)8-10-37/h3-6,11-13,17,38H,7-10H2,1-2H3,(H,32,39)(H,33,35)(H2,30,31,34). The topological polar surface area (TPSA) is 134 Å². The van der Waals surface area contributed by atoms with Crippen LogP contribution in [0.4, 0.5) is 42.0 Å². The molecule has 5 N–H and O–H groups in total. The maximum absolute atomic E-state index is 14.0. The summed E-state index contributed by atoms with van der Waals surface area (Å²) in [5.41, 5.74) is 6.76. The predicted octanol–water partition coefficient (Wildman–Crippen LogP) is 4.23. The number of nitrogens with one attached hydrogen (secondary N) is 2. The fourth-order valence-corrected chi connectivity index (χ4v) is 4.59. The number of fused-ring (bicyclic) bond motifs is 1. The number of aromatic nitrogens is 4. The van der Waals surface area contributed by atoms with Gasteiger partial charge >= 0.3 is 6.18 Å². The van der Waals surface area contributed by atoms with Crippen LogP contribution in [0.15, 0.2) is 42.6 Å². The zero-order valence-electron chi connectivity index (χ0n) is 21.3. The summed E-state index contributed by atoms with van der Waals surface area (Å²) >= 11 is 0. The Hall–Kier alpha value is -4.39.